The van der Waals surface area contributed by atoms with Gasteiger partial charge in [0.25, 0.3) is 0 Å². The van der Waals surface area contributed by atoms with Gasteiger partial charge in [0, 0.05) is 5.56 Å². The van der Waals surface area contributed by atoms with Gasteiger partial charge in [-0.3, -0.25) is 0 Å². The van der Waals surface area contributed by atoms with Crippen molar-refractivity contribution in [1.82, 2.24) is 15.1 Å². The molecular formula is C12H18N4. The molecule has 0 spiro atoms. The zero-order chi connectivity index (χ0) is 12.0. The summed E-state index contributed by atoms with van der Waals surface area (Å²) in [6.45, 7) is 6.13. The molecule has 2 aromatic rings. The Morgan fingerprint density at radius 3 is 2.25 bits per heavy atom. The van der Waals surface area contributed by atoms with Gasteiger partial charge in [0.15, 0.2) is 0 Å². The van der Waals surface area contributed by atoms with Gasteiger partial charge in [0.05, 0.1) is 6.20 Å². The molecule has 0 amide bonds. The molecule has 0 aliphatic heterocycles. The van der Waals surface area contributed by atoms with Crippen molar-refractivity contribution in [3.8, 4) is 11.3 Å². The lowest BCUT2D eigenvalue weighted by Gasteiger charge is -1.97. The first-order chi connectivity index (χ1) is 7.79. The van der Waals surface area contributed by atoms with E-state index in [0.29, 0.717) is 0 Å². The predicted molar refractivity (Wildman–Crippen MR) is 66.3 cm³/mol. The first-order valence-electron chi connectivity index (χ1n) is 5.56. The minimum Gasteiger partial charge on any atom is -0.322 e. The van der Waals surface area contributed by atoms with Crippen LogP contribution in [0.15, 0.2) is 30.5 Å². The van der Waals surface area contributed by atoms with Crippen molar-refractivity contribution in [1.29, 1.82) is 0 Å². The summed E-state index contributed by atoms with van der Waals surface area (Å²) < 4.78 is 0. The van der Waals surface area contributed by atoms with Crippen LogP contribution < -0.4 is 5.84 Å². The Bertz CT molecular complexity index is 417. The summed E-state index contributed by atoms with van der Waals surface area (Å²) in [6.07, 6.45) is 2.74. The standard InChI is InChI=1S/C10H12N4.C2H6/c1-2-8-3-5-9(6-4-8)10-7-14(11)13-12-10;1-2/h3-7H,2,11H2,1H3;1-2H3. The summed E-state index contributed by atoms with van der Waals surface area (Å²) in [6, 6.07) is 8.24. The molecule has 0 radical (unpaired) electrons. The minimum atomic E-state index is 0.801. The second-order valence-electron chi connectivity index (χ2n) is 3.13. The second-order valence-corrected chi connectivity index (χ2v) is 3.13. The highest BCUT2D eigenvalue weighted by Gasteiger charge is 2.01. The molecule has 0 saturated carbocycles. The van der Waals surface area contributed by atoms with Crippen LogP contribution in [0.25, 0.3) is 11.3 Å². The Kier molecular flexibility index (Phi) is 4.51. The molecule has 4 heteroatoms. The van der Waals surface area contributed by atoms with Crippen LogP contribution in [-0.2, 0) is 6.42 Å². The van der Waals surface area contributed by atoms with E-state index in [-0.39, 0.29) is 0 Å². The van der Waals surface area contributed by atoms with E-state index >= 15 is 0 Å². The van der Waals surface area contributed by atoms with E-state index in [2.05, 4.69) is 29.4 Å². The van der Waals surface area contributed by atoms with Crippen molar-refractivity contribution in [2.45, 2.75) is 27.2 Å². The number of hydrogen-bond donors (Lipinski definition) is 1. The third-order valence-corrected chi connectivity index (χ3v) is 2.17. The summed E-state index contributed by atoms with van der Waals surface area (Å²) in [7, 11) is 0. The van der Waals surface area contributed by atoms with Gasteiger partial charge in [-0.25, -0.2) is 0 Å². The molecule has 2 rings (SSSR count). The summed E-state index contributed by atoms with van der Waals surface area (Å²) in [5, 5.41) is 7.61. The summed E-state index contributed by atoms with van der Waals surface area (Å²) in [5.41, 5.74) is 3.16. The summed E-state index contributed by atoms with van der Waals surface area (Å²) in [4.78, 5) is 1.21. The fourth-order valence-electron chi connectivity index (χ4n) is 1.32. The van der Waals surface area contributed by atoms with E-state index in [1.54, 1.807) is 6.20 Å². The Balaban J connectivity index is 0.000000606. The molecule has 0 bridgehead atoms. The van der Waals surface area contributed by atoms with Crippen LogP contribution in [-0.4, -0.2) is 15.1 Å². The van der Waals surface area contributed by atoms with Crippen LogP contribution in [0, 0.1) is 0 Å². The predicted octanol–water partition coefficient (Wildman–Crippen LogP) is 2.25. The lowest BCUT2D eigenvalue weighted by atomic mass is 10.1. The van der Waals surface area contributed by atoms with E-state index in [1.165, 1.54) is 10.4 Å². The molecular weight excluding hydrogens is 200 g/mol. The van der Waals surface area contributed by atoms with E-state index < -0.39 is 0 Å². The highest BCUT2D eigenvalue weighted by Crippen LogP contribution is 2.16. The van der Waals surface area contributed by atoms with Gasteiger partial charge in [-0.1, -0.05) is 45.0 Å². The number of aryl methyl sites for hydroxylation is 1. The Labute approximate surface area is 96.1 Å². The van der Waals surface area contributed by atoms with Gasteiger partial charge in [0.1, 0.15) is 5.69 Å². The average molecular weight is 218 g/mol. The highest BCUT2D eigenvalue weighted by molar-refractivity contribution is 5.57. The average Bonchev–Trinajstić information content (AvgIpc) is 2.79. The number of nitrogens with zero attached hydrogens (tertiary/aromatic N) is 3. The van der Waals surface area contributed by atoms with E-state index in [9.17, 15) is 0 Å². The smallest absolute Gasteiger partial charge is 0.115 e. The Morgan fingerprint density at radius 2 is 1.81 bits per heavy atom. The van der Waals surface area contributed by atoms with Crippen LogP contribution in [0.5, 0.6) is 0 Å². The maximum atomic E-state index is 5.42. The number of rotatable bonds is 2. The lowest BCUT2D eigenvalue weighted by Crippen LogP contribution is -2.07. The highest BCUT2D eigenvalue weighted by atomic mass is 15.6. The molecule has 0 fully saturated rings. The zero-order valence-electron chi connectivity index (χ0n) is 10.0. The molecule has 0 saturated heterocycles. The number of nitrogen functional groups attached to an aromatic ring is 1. The van der Waals surface area contributed by atoms with Crippen molar-refractivity contribution < 1.29 is 0 Å². The van der Waals surface area contributed by atoms with E-state index in [4.69, 9.17) is 5.84 Å². The van der Waals surface area contributed by atoms with E-state index in [0.717, 1.165) is 17.7 Å². The van der Waals surface area contributed by atoms with Crippen LogP contribution >= 0.6 is 0 Å². The fourth-order valence-corrected chi connectivity index (χ4v) is 1.32. The number of hydrogen-bond acceptors (Lipinski definition) is 3. The Morgan fingerprint density at radius 1 is 1.19 bits per heavy atom. The molecule has 0 aliphatic carbocycles. The largest absolute Gasteiger partial charge is 0.322 e. The molecule has 86 valence electrons. The SMILES string of the molecule is CC.CCc1ccc(-c2cn(N)nn2)cc1. The molecule has 2 N–H and O–H groups in total. The summed E-state index contributed by atoms with van der Waals surface area (Å²) in [5.74, 6) is 5.42. The van der Waals surface area contributed by atoms with Crippen LogP contribution in [0.4, 0.5) is 0 Å². The monoisotopic (exact) mass is 218 g/mol. The number of aromatic nitrogens is 3. The molecule has 16 heavy (non-hydrogen) atoms. The van der Waals surface area contributed by atoms with Crippen LogP contribution in [0.1, 0.15) is 26.3 Å². The van der Waals surface area contributed by atoms with Gasteiger partial charge in [-0.15, -0.1) is 5.10 Å². The van der Waals surface area contributed by atoms with Crippen molar-refractivity contribution in [3.05, 3.63) is 36.0 Å². The molecule has 0 atom stereocenters. The topological polar surface area (TPSA) is 56.7 Å². The lowest BCUT2D eigenvalue weighted by molar-refractivity contribution is 0.766. The van der Waals surface area contributed by atoms with Crippen molar-refractivity contribution in [3.63, 3.8) is 0 Å². The van der Waals surface area contributed by atoms with Gasteiger partial charge >= 0.3 is 0 Å². The van der Waals surface area contributed by atoms with Crippen LogP contribution in [0.2, 0.25) is 0 Å². The summed E-state index contributed by atoms with van der Waals surface area (Å²) >= 11 is 0. The molecule has 1 aromatic carbocycles. The maximum Gasteiger partial charge on any atom is 0.115 e. The normalized spacial score (nSPS) is 9.44. The van der Waals surface area contributed by atoms with Gasteiger partial charge in [0.2, 0.25) is 0 Å². The maximum absolute atomic E-state index is 5.42. The molecule has 1 aromatic heterocycles. The molecule has 0 unspecified atom stereocenters. The second kappa shape index (κ2) is 5.90. The fraction of sp³-hybridized carbons (Fsp3) is 0.333. The molecule has 4 nitrogen and oxygen atoms in total. The molecule has 1 heterocycles. The zero-order valence-corrected chi connectivity index (χ0v) is 10.0. The minimum absolute atomic E-state index is 0.801. The van der Waals surface area contributed by atoms with Crippen molar-refractivity contribution >= 4 is 0 Å². The quantitative estimate of drug-likeness (QED) is 0.786. The van der Waals surface area contributed by atoms with Crippen molar-refractivity contribution in [2.75, 3.05) is 5.84 Å². The third-order valence-electron chi connectivity index (χ3n) is 2.17. The first kappa shape index (κ1) is 12.2. The van der Waals surface area contributed by atoms with Gasteiger partial charge in [-0.05, 0) is 17.2 Å². The van der Waals surface area contributed by atoms with E-state index in [1.807, 2.05) is 26.0 Å². The first-order valence-corrected chi connectivity index (χ1v) is 5.56. The third kappa shape index (κ3) is 2.82. The van der Waals surface area contributed by atoms with Gasteiger partial charge in [-0.2, -0.15) is 4.79 Å². The number of nitrogens with two attached hydrogens (primary N) is 1. The van der Waals surface area contributed by atoms with Crippen LogP contribution in [0.3, 0.4) is 0 Å². The number of benzene rings is 1. The Hall–Kier alpha value is -1.84. The molecule has 0 aliphatic rings. The van der Waals surface area contributed by atoms with Crippen molar-refractivity contribution in [2.24, 2.45) is 0 Å². The van der Waals surface area contributed by atoms with Gasteiger partial charge < -0.3 is 5.84 Å².